The fourth-order valence-corrected chi connectivity index (χ4v) is 3.30. The molecule has 0 spiro atoms. The lowest BCUT2D eigenvalue weighted by Gasteiger charge is -2.29. The maximum Gasteiger partial charge on any atom is 0.270 e. The van der Waals surface area contributed by atoms with Crippen molar-refractivity contribution in [1.82, 2.24) is 24.8 Å². The Kier molecular flexibility index (Phi) is 6.52. The maximum atomic E-state index is 12.7. The molecule has 1 aliphatic rings. The summed E-state index contributed by atoms with van der Waals surface area (Å²) in [6.07, 6.45) is 7.33. The van der Waals surface area contributed by atoms with Crippen LogP contribution in [0.1, 0.15) is 41.9 Å². The number of hydrogen-bond donors (Lipinski definition) is 1. The summed E-state index contributed by atoms with van der Waals surface area (Å²) in [6.45, 7) is 3.10. The second-order valence-corrected chi connectivity index (χ2v) is 6.92. The molecule has 1 amide bonds. The van der Waals surface area contributed by atoms with Gasteiger partial charge in [0.2, 0.25) is 0 Å². The molecule has 2 heterocycles. The van der Waals surface area contributed by atoms with Crippen LogP contribution in [0.3, 0.4) is 0 Å². The zero-order valence-electron chi connectivity index (χ0n) is 16.1. The summed E-state index contributed by atoms with van der Waals surface area (Å²) in [4.78, 5) is 25.7. The van der Waals surface area contributed by atoms with E-state index >= 15 is 0 Å². The number of aromatic nitrogens is 4. The predicted molar refractivity (Wildman–Crippen MR) is 100 cm³/mol. The Morgan fingerprint density at radius 2 is 2.04 bits per heavy atom. The van der Waals surface area contributed by atoms with E-state index in [9.17, 15) is 4.79 Å². The zero-order chi connectivity index (χ0) is 19.2. The fraction of sp³-hybridized carbons (Fsp3) is 0.579. The number of imidazole rings is 1. The van der Waals surface area contributed by atoms with Gasteiger partial charge in [-0.25, -0.2) is 15.0 Å². The topological polar surface area (TPSA) is 91.2 Å². The van der Waals surface area contributed by atoms with Gasteiger partial charge >= 0.3 is 0 Å². The van der Waals surface area contributed by atoms with Gasteiger partial charge in [0, 0.05) is 25.9 Å². The Bertz CT molecular complexity index is 768. The number of amides is 1. The van der Waals surface area contributed by atoms with Gasteiger partial charge in [0.1, 0.15) is 11.4 Å². The Balaban J connectivity index is 1.59. The summed E-state index contributed by atoms with van der Waals surface area (Å²) in [5.41, 5.74) is 1.92. The van der Waals surface area contributed by atoms with Crippen LogP contribution in [-0.2, 0) is 16.5 Å². The summed E-state index contributed by atoms with van der Waals surface area (Å²) >= 11 is 0. The van der Waals surface area contributed by atoms with E-state index in [1.54, 1.807) is 25.7 Å². The van der Waals surface area contributed by atoms with Crippen LogP contribution in [0.2, 0.25) is 0 Å². The van der Waals surface area contributed by atoms with Crippen molar-refractivity contribution in [3.05, 3.63) is 30.0 Å². The average Bonchev–Trinajstić information content (AvgIpc) is 3.09. The first-order valence-electron chi connectivity index (χ1n) is 9.30. The molecule has 0 atom stereocenters. The van der Waals surface area contributed by atoms with Crippen LogP contribution in [0.4, 0.5) is 0 Å². The highest BCUT2D eigenvalue weighted by Gasteiger charge is 2.24. The zero-order valence-corrected chi connectivity index (χ0v) is 16.1. The van der Waals surface area contributed by atoms with Gasteiger partial charge < -0.3 is 19.4 Å². The number of aryl methyl sites for hydroxylation is 2. The first-order valence-corrected chi connectivity index (χ1v) is 9.30. The number of hydrogen-bond acceptors (Lipinski definition) is 6. The highest BCUT2D eigenvalue weighted by atomic mass is 16.5. The van der Waals surface area contributed by atoms with Crippen LogP contribution in [0.25, 0.3) is 11.5 Å². The third-order valence-corrected chi connectivity index (χ3v) is 4.78. The van der Waals surface area contributed by atoms with Gasteiger partial charge in [-0.1, -0.05) is 0 Å². The van der Waals surface area contributed by atoms with E-state index in [0.29, 0.717) is 24.7 Å². The molecule has 8 nitrogen and oxygen atoms in total. The molecule has 27 heavy (non-hydrogen) atoms. The van der Waals surface area contributed by atoms with Crippen molar-refractivity contribution < 1.29 is 14.3 Å². The smallest absolute Gasteiger partial charge is 0.270 e. The Morgan fingerprint density at radius 3 is 2.70 bits per heavy atom. The lowest BCUT2D eigenvalue weighted by molar-refractivity contribution is -0.00409. The summed E-state index contributed by atoms with van der Waals surface area (Å²) in [6, 6.07) is 1.87. The third-order valence-electron chi connectivity index (χ3n) is 4.78. The Hall–Kier alpha value is -2.32. The van der Waals surface area contributed by atoms with E-state index in [4.69, 9.17) is 9.47 Å². The number of methoxy groups -OCH3 is 1. The summed E-state index contributed by atoms with van der Waals surface area (Å²) in [5.74, 6) is 0.350. The molecule has 0 aromatic carbocycles. The largest absolute Gasteiger partial charge is 0.382 e. The quantitative estimate of drug-likeness (QED) is 0.745. The van der Waals surface area contributed by atoms with Crippen LogP contribution < -0.4 is 5.32 Å². The molecule has 1 saturated carbocycles. The molecule has 1 aliphatic carbocycles. The summed E-state index contributed by atoms with van der Waals surface area (Å²) in [5, 5.41) is 3.11. The van der Waals surface area contributed by atoms with E-state index < -0.39 is 0 Å². The first kappa shape index (κ1) is 19.4. The van der Waals surface area contributed by atoms with Gasteiger partial charge in [-0.2, -0.15) is 0 Å². The minimum absolute atomic E-state index is 0.148. The standard InChI is InChI=1S/C19H27N5O3/c1-13-10-16(23-18(21-13)17-11-20-12-24(17)2)19(25)22-14-4-6-15(7-5-14)27-9-8-26-3/h10-12,14-15H,4-9H2,1-3H3,(H,22,25). The molecule has 0 bridgehead atoms. The van der Waals surface area contributed by atoms with Gasteiger partial charge in [-0.05, 0) is 38.7 Å². The third kappa shape index (κ3) is 5.11. The monoisotopic (exact) mass is 373 g/mol. The van der Waals surface area contributed by atoms with Crippen LogP contribution >= 0.6 is 0 Å². The molecular weight excluding hydrogens is 346 g/mol. The van der Waals surface area contributed by atoms with Crippen molar-refractivity contribution in [1.29, 1.82) is 0 Å². The molecule has 1 N–H and O–H groups in total. The van der Waals surface area contributed by atoms with Gasteiger partial charge in [0.25, 0.3) is 5.91 Å². The normalized spacial score (nSPS) is 19.8. The van der Waals surface area contributed by atoms with Crippen LogP contribution in [0.5, 0.6) is 0 Å². The first-order chi connectivity index (χ1) is 13.1. The molecule has 8 heteroatoms. The summed E-state index contributed by atoms with van der Waals surface area (Å²) in [7, 11) is 3.55. The minimum Gasteiger partial charge on any atom is -0.382 e. The lowest BCUT2D eigenvalue weighted by atomic mass is 9.93. The van der Waals surface area contributed by atoms with Gasteiger partial charge in [-0.15, -0.1) is 0 Å². The van der Waals surface area contributed by atoms with Crippen LogP contribution in [-0.4, -0.2) is 57.9 Å². The van der Waals surface area contributed by atoms with Crippen molar-refractivity contribution in [2.24, 2.45) is 7.05 Å². The second-order valence-electron chi connectivity index (χ2n) is 6.92. The molecule has 1 fully saturated rings. The number of nitrogens with zero attached hydrogens (tertiary/aromatic N) is 4. The SMILES string of the molecule is COCCOC1CCC(NC(=O)c2cc(C)nc(-c3cncn3C)n2)CC1. The molecule has 0 saturated heterocycles. The number of rotatable bonds is 7. The molecule has 146 valence electrons. The van der Waals surface area contributed by atoms with E-state index in [0.717, 1.165) is 37.1 Å². The molecule has 0 unspecified atom stereocenters. The Morgan fingerprint density at radius 1 is 1.26 bits per heavy atom. The molecule has 0 radical (unpaired) electrons. The number of carbonyl (C=O) groups is 1. The highest BCUT2D eigenvalue weighted by molar-refractivity contribution is 5.92. The van der Waals surface area contributed by atoms with Crippen molar-refractivity contribution >= 4 is 5.91 Å². The average molecular weight is 373 g/mol. The second kappa shape index (κ2) is 9.05. The summed E-state index contributed by atoms with van der Waals surface area (Å²) < 4.78 is 12.6. The molecule has 2 aromatic heterocycles. The van der Waals surface area contributed by atoms with E-state index in [1.807, 2.05) is 18.5 Å². The number of ether oxygens (including phenoxy) is 2. The van der Waals surface area contributed by atoms with E-state index in [2.05, 4.69) is 20.3 Å². The van der Waals surface area contributed by atoms with Gasteiger partial charge in [0.15, 0.2) is 5.82 Å². The number of nitrogens with one attached hydrogen (secondary N) is 1. The van der Waals surface area contributed by atoms with Gasteiger partial charge in [-0.3, -0.25) is 4.79 Å². The molecule has 0 aliphatic heterocycles. The van der Waals surface area contributed by atoms with E-state index in [1.165, 1.54) is 0 Å². The van der Waals surface area contributed by atoms with Crippen molar-refractivity contribution in [2.45, 2.75) is 44.8 Å². The lowest BCUT2D eigenvalue weighted by Crippen LogP contribution is -2.39. The number of carbonyl (C=O) groups excluding carboxylic acids is 1. The molecular formula is C19H27N5O3. The Labute approximate surface area is 159 Å². The highest BCUT2D eigenvalue weighted by Crippen LogP contribution is 2.22. The fourth-order valence-electron chi connectivity index (χ4n) is 3.30. The molecule has 2 aromatic rings. The van der Waals surface area contributed by atoms with Crippen LogP contribution in [0, 0.1) is 6.92 Å². The molecule has 3 rings (SSSR count). The van der Waals surface area contributed by atoms with Crippen molar-refractivity contribution in [2.75, 3.05) is 20.3 Å². The van der Waals surface area contributed by atoms with E-state index in [-0.39, 0.29) is 18.1 Å². The maximum absolute atomic E-state index is 12.7. The van der Waals surface area contributed by atoms with Crippen molar-refractivity contribution in [3.8, 4) is 11.5 Å². The predicted octanol–water partition coefficient (Wildman–Crippen LogP) is 1.89. The van der Waals surface area contributed by atoms with Gasteiger partial charge in [0.05, 0.1) is 31.8 Å². The minimum atomic E-state index is -0.160. The van der Waals surface area contributed by atoms with Crippen LogP contribution in [0.15, 0.2) is 18.6 Å². The van der Waals surface area contributed by atoms with Crippen molar-refractivity contribution in [3.63, 3.8) is 0 Å².